The van der Waals surface area contributed by atoms with Crippen LogP contribution in [0.1, 0.15) is 25.8 Å². The van der Waals surface area contributed by atoms with E-state index >= 15 is 0 Å². The lowest BCUT2D eigenvalue weighted by atomic mass is 10.2. The van der Waals surface area contributed by atoms with Gasteiger partial charge in [-0.05, 0) is 43.2 Å². The summed E-state index contributed by atoms with van der Waals surface area (Å²) in [5.74, 6) is 1.35. The van der Waals surface area contributed by atoms with Gasteiger partial charge in [-0.1, -0.05) is 36.7 Å². The van der Waals surface area contributed by atoms with Crippen molar-refractivity contribution in [3.05, 3.63) is 65.3 Å². The van der Waals surface area contributed by atoms with Gasteiger partial charge in [-0.2, -0.15) is 4.98 Å². The van der Waals surface area contributed by atoms with Crippen LogP contribution in [0.3, 0.4) is 0 Å². The molecular formula is C20H22ClN5. The Balaban J connectivity index is 1.85. The molecule has 0 bridgehead atoms. The normalized spacial score (nSPS) is 11.8. The zero-order valence-corrected chi connectivity index (χ0v) is 15.7. The van der Waals surface area contributed by atoms with Crippen molar-refractivity contribution in [2.75, 3.05) is 10.6 Å². The van der Waals surface area contributed by atoms with Gasteiger partial charge in [0.2, 0.25) is 5.95 Å². The summed E-state index contributed by atoms with van der Waals surface area (Å²) in [5, 5.41) is 7.43. The molecule has 0 aliphatic rings. The Hall–Kier alpha value is -2.66. The van der Waals surface area contributed by atoms with E-state index in [1.165, 1.54) is 0 Å². The van der Waals surface area contributed by atoms with Crippen LogP contribution in [-0.4, -0.2) is 21.0 Å². The van der Waals surface area contributed by atoms with Gasteiger partial charge in [-0.25, -0.2) is 4.98 Å². The van der Waals surface area contributed by atoms with Gasteiger partial charge in [0.05, 0.1) is 11.4 Å². The van der Waals surface area contributed by atoms with Crippen LogP contribution < -0.4 is 10.6 Å². The number of nitrogens with one attached hydrogen (secondary N) is 2. The maximum absolute atomic E-state index is 5.94. The zero-order valence-electron chi connectivity index (χ0n) is 14.9. The van der Waals surface area contributed by atoms with Crippen molar-refractivity contribution >= 4 is 23.4 Å². The van der Waals surface area contributed by atoms with Crippen LogP contribution in [0.25, 0.3) is 11.4 Å². The highest BCUT2D eigenvalue weighted by molar-refractivity contribution is 6.30. The molecule has 3 aromatic rings. The van der Waals surface area contributed by atoms with Crippen LogP contribution in [0.15, 0.2) is 54.7 Å². The first-order valence-electron chi connectivity index (χ1n) is 8.69. The van der Waals surface area contributed by atoms with E-state index in [0.717, 1.165) is 34.2 Å². The number of hydrogen-bond acceptors (Lipinski definition) is 5. The molecule has 1 atom stereocenters. The molecule has 0 aliphatic heterocycles. The first-order chi connectivity index (χ1) is 12.6. The number of nitrogens with zero attached hydrogens (tertiary/aromatic N) is 3. The lowest BCUT2D eigenvalue weighted by molar-refractivity contribution is 0.753. The minimum atomic E-state index is 0.290. The van der Waals surface area contributed by atoms with Gasteiger partial charge < -0.3 is 10.6 Å². The first-order valence-corrected chi connectivity index (χ1v) is 9.07. The zero-order chi connectivity index (χ0) is 18.4. The fraction of sp³-hybridized carbons (Fsp3) is 0.250. The third kappa shape index (κ3) is 4.92. The summed E-state index contributed by atoms with van der Waals surface area (Å²) in [4.78, 5) is 13.6. The van der Waals surface area contributed by atoms with Crippen molar-refractivity contribution in [3.63, 3.8) is 0 Å². The van der Waals surface area contributed by atoms with Gasteiger partial charge in [0.25, 0.3) is 0 Å². The van der Waals surface area contributed by atoms with E-state index in [-0.39, 0.29) is 6.04 Å². The number of benzene rings is 1. The molecule has 3 rings (SSSR count). The quantitative estimate of drug-likeness (QED) is 0.614. The van der Waals surface area contributed by atoms with Crippen LogP contribution >= 0.6 is 11.6 Å². The van der Waals surface area contributed by atoms with Crippen LogP contribution in [-0.2, 0) is 6.54 Å². The van der Waals surface area contributed by atoms with Gasteiger partial charge in [-0.3, -0.25) is 4.98 Å². The summed E-state index contributed by atoms with van der Waals surface area (Å²) in [6.07, 6.45) is 2.75. The Bertz CT molecular complexity index is 837. The Morgan fingerprint density at radius 1 is 1.04 bits per heavy atom. The van der Waals surface area contributed by atoms with Gasteiger partial charge in [0.15, 0.2) is 0 Å². The van der Waals surface area contributed by atoms with Crippen molar-refractivity contribution in [1.82, 2.24) is 15.0 Å². The Morgan fingerprint density at radius 2 is 1.85 bits per heavy atom. The summed E-state index contributed by atoms with van der Waals surface area (Å²) >= 11 is 5.94. The smallest absolute Gasteiger partial charge is 0.225 e. The fourth-order valence-electron chi connectivity index (χ4n) is 2.37. The summed E-state index contributed by atoms with van der Waals surface area (Å²) in [7, 11) is 0. The molecule has 1 aromatic carbocycles. The lowest BCUT2D eigenvalue weighted by Crippen LogP contribution is -2.16. The predicted octanol–water partition coefficient (Wildman–Crippen LogP) is 5.01. The van der Waals surface area contributed by atoms with Gasteiger partial charge in [0.1, 0.15) is 5.82 Å². The molecule has 134 valence electrons. The topological polar surface area (TPSA) is 62.7 Å². The Labute approximate surface area is 158 Å². The number of anilines is 2. The van der Waals surface area contributed by atoms with E-state index in [2.05, 4.69) is 39.4 Å². The van der Waals surface area contributed by atoms with Crippen LogP contribution in [0.2, 0.25) is 5.02 Å². The maximum Gasteiger partial charge on any atom is 0.225 e. The monoisotopic (exact) mass is 367 g/mol. The molecule has 0 saturated carbocycles. The summed E-state index contributed by atoms with van der Waals surface area (Å²) < 4.78 is 0. The molecule has 0 spiro atoms. The molecule has 5 nitrogen and oxygen atoms in total. The number of halogens is 1. The second kappa shape index (κ2) is 8.63. The molecule has 2 aromatic heterocycles. The Kier molecular flexibility index (Phi) is 6.02. The molecule has 0 radical (unpaired) electrons. The largest absolute Gasteiger partial charge is 0.366 e. The van der Waals surface area contributed by atoms with Crippen molar-refractivity contribution in [2.45, 2.75) is 32.9 Å². The van der Waals surface area contributed by atoms with Gasteiger partial charge in [0, 0.05) is 29.9 Å². The van der Waals surface area contributed by atoms with Gasteiger partial charge in [-0.15, -0.1) is 0 Å². The number of rotatable bonds is 7. The number of pyridine rings is 1. The van der Waals surface area contributed by atoms with E-state index in [1.54, 1.807) is 6.20 Å². The van der Waals surface area contributed by atoms with Crippen LogP contribution in [0, 0.1) is 0 Å². The van der Waals surface area contributed by atoms with Crippen LogP contribution in [0.5, 0.6) is 0 Å². The predicted molar refractivity (Wildman–Crippen MR) is 107 cm³/mol. The van der Waals surface area contributed by atoms with Crippen molar-refractivity contribution < 1.29 is 0 Å². The number of hydrogen-bond donors (Lipinski definition) is 2. The first kappa shape index (κ1) is 18.1. The summed E-state index contributed by atoms with van der Waals surface area (Å²) in [6.45, 7) is 4.89. The average Bonchev–Trinajstić information content (AvgIpc) is 2.68. The van der Waals surface area contributed by atoms with E-state index in [0.29, 0.717) is 12.5 Å². The molecule has 0 fully saturated rings. The fourth-order valence-corrected chi connectivity index (χ4v) is 2.49. The minimum Gasteiger partial charge on any atom is -0.366 e. The van der Waals surface area contributed by atoms with Crippen molar-refractivity contribution in [2.24, 2.45) is 0 Å². The highest BCUT2D eigenvalue weighted by Crippen LogP contribution is 2.21. The number of aromatic nitrogens is 3. The molecule has 26 heavy (non-hydrogen) atoms. The third-order valence-electron chi connectivity index (χ3n) is 4.03. The second-order valence-electron chi connectivity index (χ2n) is 6.11. The molecule has 0 unspecified atom stereocenters. The Morgan fingerprint density at radius 3 is 2.54 bits per heavy atom. The molecule has 0 aliphatic carbocycles. The van der Waals surface area contributed by atoms with Crippen molar-refractivity contribution in [3.8, 4) is 11.4 Å². The SMILES string of the molecule is CC[C@H](C)Nc1nc(NCc2ccc(Cl)cc2)cc(-c2ccccn2)n1. The van der Waals surface area contributed by atoms with E-state index in [4.69, 9.17) is 11.6 Å². The van der Waals surface area contributed by atoms with E-state index in [9.17, 15) is 0 Å². The van der Waals surface area contributed by atoms with Crippen LogP contribution in [0.4, 0.5) is 11.8 Å². The molecule has 0 amide bonds. The second-order valence-corrected chi connectivity index (χ2v) is 6.55. The third-order valence-corrected chi connectivity index (χ3v) is 4.28. The molecule has 6 heteroatoms. The maximum atomic E-state index is 5.94. The molecule has 0 saturated heterocycles. The highest BCUT2D eigenvalue weighted by Gasteiger charge is 2.09. The van der Waals surface area contributed by atoms with Gasteiger partial charge >= 0.3 is 0 Å². The lowest BCUT2D eigenvalue weighted by Gasteiger charge is -2.14. The molecular weight excluding hydrogens is 346 g/mol. The van der Waals surface area contributed by atoms with E-state index < -0.39 is 0 Å². The highest BCUT2D eigenvalue weighted by atomic mass is 35.5. The summed E-state index contributed by atoms with van der Waals surface area (Å²) in [6, 6.07) is 15.7. The van der Waals surface area contributed by atoms with Crippen molar-refractivity contribution in [1.29, 1.82) is 0 Å². The molecule has 2 heterocycles. The average molecular weight is 368 g/mol. The minimum absolute atomic E-state index is 0.290. The summed E-state index contributed by atoms with van der Waals surface area (Å²) in [5.41, 5.74) is 2.73. The standard InChI is InChI=1S/C20H22ClN5/c1-3-14(2)24-20-25-18(17-6-4-5-11-22-17)12-19(26-20)23-13-15-7-9-16(21)10-8-15/h4-12,14H,3,13H2,1-2H3,(H2,23,24,25,26)/t14-/m0/s1. The van der Waals surface area contributed by atoms with E-state index in [1.807, 2.05) is 48.5 Å². The molecule has 2 N–H and O–H groups in total.